The van der Waals surface area contributed by atoms with Crippen molar-refractivity contribution in [3.8, 4) is 0 Å². The van der Waals surface area contributed by atoms with E-state index in [2.05, 4.69) is 24.3 Å². The second kappa shape index (κ2) is 5.82. The molecule has 3 rings (SSSR count). The van der Waals surface area contributed by atoms with E-state index in [0.29, 0.717) is 0 Å². The van der Waals surface area contributed by atoms with Crippen LogP contribution in [0, 0.1) is 0 Å². The molecule has 0 fully saturated rings. The monoisotopic (exact) mass is 232 g/mol. The molecule has 0 heterocycles. The molecule has 2 bridgehead atoms. The SMILES string of the molecule is N.NCCS(=O)(=O)O.c1cc2cc(c1)C2. The fourth-order valence-corrected chi connectivity index (χ4v) is 1.40. The van der Waals surface area contributed by atoms with Crippen LogP contribution in [0.3, 0.4) is 0 Å². The van der Waals surface area contributed by atoms with Crippen molar-refractivity contribution in [3.63, 3.8) is 0 Å². The molecule has 5 nitrogen and oxygen atoms in total. The Labute approximate surface area is 89.6 Å². The van der Waals surface area contributed by atoms with Crippen LogP contribution >= 0.6 is 0 Å². The lowest BCUT2D eigenvalue weighted by Crippen LogP contribution is -2.13. The van der Waals surface area contributed by atoms with Gasteiger partial charge in [0.1, 0.15) is 0 Å². The Balaban J connectivity index is 0.000000245. The van der Waals surface area contributed by atoms with Crippen LogP contribution in [0.4, 0.5) is 0 Å². The van der Waals surface area contributed by atoms with E-state index in [-0.39, 0.29) is 18.4 Å². The van der Waals surface area contributed by atoms with Crippen molar-refractivity contribution in [2.24, 2.45) is 5.73 Å². The molecule has 1 aromatic carbocycles. The highest BCUT2D eigenvalue weighted by molar-refractivity contribution is 7.85. The van der Waals surface area contributed by atoms with E-state index in [1.807, 2.05) is 0 Å². The molecule has 0 amide bonds. The summed E-state index contributed by atoms with van der Waals surface area (Å²) in [7, 11) is -3.80. The fourth-order valence-electron chi connectivity index (χ4n) is 1.10. The summed E-state index contributed by atoms with van der Waals surface area (Å²) < 4.78 is 27.3. The van der Waals surface area contributed by atoms with Gasteiger partial charge in [-0.3, -0.25) is 4.55 Å². The summed E-state index contributed by atoms with van der Waals surface area (Å²) in [5.41, 5.74) is 7.74. The van der Waals surface area contributed by atoms with Crippen molar-refractivity contribution >= 4 is 10.1 Å². The number of hydrogen-bond acceptors (Lipinski definition) is 4. The van der Waals surface area contributed by atoms with Crippen LogP contribution in [0.5, 0.6) is 0 Å². The van der Waals surface area contributed by atoms with Crippen molar-refractivity contribution < 1.29 is 13.0 Å². The predicted octanol–water partition coefficient (Wildman–Crippen LogP) is 0.586. The lowest BCUT2D eigenvalue weighted by Gasteiger charge is -2.11. The summed E-state index contributed by atoms with van der Waals surface area (Å²) in [6, 6.07) is 8.65. The van der Waals surface area contributed by atoms with Crippen LogP contribution in [0.2, 0.25) is 0 Å². The van der Waals surface area contributed by atoms with Crippen LogP contribution < -0.4 is 11.9 Å². The van der Waals surface area contributed by atoms with E-state index in [1.165, 1.54) is 17.5 Å². The lowest BCUT2D eigenvalue weighted by atomic mass is 9.94. The van der Waals surface area contributed by atoms with Crippen LogP contribution in [0.1, 0.15) is 11.1 Å². The highest BCUT2D eigenvalue weighted by Gasteiger charge is 2.04. The summed E-state index contributed by atoms with van der Waals surface area (Å²) in [5, 5.41) is 0. The normalized spacial score (nSPS) is 11.6. The van der Waals surface area contributed by atoms with Gasteiger partial charge in [0.2, 0.25) is 0 Å². The zero-order chi connectivity index (χ0) is 10.6. The van der Waals surface area contributed by atoms with Crippen LogP contribution in [0.15, 0.2) is 24.3 Å². The third-order valence-corrected chi connectivity index (χ3v) is 2.53. The maximum Gasteiger partial charge on any atom is 0.266 e. The maximum atomic E-state index is 9.71. The van der Waals surface area contributed by atoms with Gasteiger partial charge in [-0.05, 0) is 17.5 Å². The van der Waals surface area contributed by atoms with Gasteiger partial charge in [-0.15, -0.1) is 0 Å². The fraction of sp³-hybridized carbons (Fsp3) is 0.333. The molecule has 0 radical (unpaired) electrons. The van der Waals surface area contributed by atoms with E-state index < -0.39 is 10.1 Å². The summed E-state index contributed by atoms with van der Waals surface area (Å²) in [5.74, 6) is -0.354. The first-order valence-electron chi connectivity index (χ1n) is 4.24. The molecule has 6 heteroatoms. The van der Waals surface area contributed by atoms with Gasteiger partial charge in [0.15, 0.2) is 0 Å². The van der Waals surface area contributed by atoms with Crippen LogP contribution in [-0.2, 0) is 16.5 Å². The van der Waals surface area contributed by atoms with Gasteiger partial charge in [0.05, 0.1) is 5.75 Å². The second-order valence-corrected chi connectivity index (χ2v) is 4.64. The first-order chi connectivity index (χ1) is 6.51. The molecule has 0 aliphatic heterocycles. The molecule has 1 aromatic rings. The average Bonchev–Trinajstić information content (AvgIpc) is 2.03. The van der Waals surface area contributed by atoms with Crippen LogP contribution in [-0.4, -0.2) is 25.3 Å². The highest BCUT2D eigenvalue weighted by Crippen LogP contribution is 2.18. The van der Waals surface area contributed by atoms with Gasteiger partial charge in [-0.25, -0.2) is 0 Å². The first kappa shape index (κ1) is 14.1. The van der Waals surface area contributed by atoms with Crippen molar-refractivity contribution in [1.29, 1.82) is 0 Å². The molecule has 15 heavy (non-hydrogen) atoms. The molecule has 0 atom stereocenters. The van der Waals surface area contributed by atoms with Gasteiger partial charge < -0.3 is 11.9 Å². The largest absolute Gasteiger partial charge is 0.344 e. The third-order valence-electron chi connectivity index (χ3n) is 1.78. The Morgan fingerprint density at radius 2 is 1.80 bits per heavy atom. The number of nitrogens with two attached hydrogens (primary N) is 1. The average molecular weight is 232 g/mol. The van der Waals surface area contributed by atoms with Crippen molar-refractivity contribution in [1.82, 2.24) is 6.15 Å². The molecule has 0 spiro atoms. The van der Waals surface area contributed by atoms with Gasteiger partial charge in [0.25, 0.3) is 10.1 Å². The van der Waals surface area contributed by atoms with Crippen molar-refractivity contribution in [2.45, 2.75) is 6.42 Å². The molecular weight excluding hydrogens is 216 g/mol. The predicted molar refractivity (Wildman–Crippen MR) is 59.7 cm³/mol. The lowest BCUT2D eigenvalue weighted by molar-refractivity contribution is 0.483. The Kier molecular flexibility index (Phi) is 5.45. The van der Waals surface area contributed by atoms with Gasteiger partial charge in [-0.1, -0.05) is 24.3 Å². The van der Waals surface area contributed by atoms with E-state index >= 15 is 0 Å². The second-order valence-electron chi connectivity index (χ2n) is 3.07. The molecular formula is C9H16N2O3S. The third kappa shape index (κ3) is 5.48. The van der Waals surface area contributed by atoms with E-state index in [4.69, 9.17) is 10.3 Å². The zero-order valence-electron chi connectivity index (χ0n) is 8.39. The summed E-state index contributed by atoms with van der Waals surface area (Å²) >= 11 is 0. The molecule has 2 aliphatic rings. The molecule has 6 N–H and O–H groups in total. The van der Waals surface area contributed by atoms with Crippen molar-refractivity contribution in [2.75, 3.05) is 12.3 Å². The minimum Gasteiger partial charge on any atom is -0.344 e. The number of hydrogen-bond donors (Lipinski definition) is 3. The Hall–Kier alpha value is -0.950. The quantitative estimate of drug-likeness (QED) is 0.655. The Bertz CT molecular complexity index is 379. The minimum atomic E-state index is -3.80. The first-order valence-corrected chi connectivity index (χ1v) is 5.85. The maximum absolute atomic E-state index is 9.71. The Morgan fingerprint density at radius 3 is 1.87 bits per heavy atom. The molecule has 0 saturated heterocycles. The van der Waals surface area contributed by atoms with E-state index in [9.17, 15) is 8.42 Å². The molecule has 86 valence electrons. The van der Waals surface area contributed by atoms with Gasteiger partial charge in [-0.2, -0.15) is 8.42 Å². The number of benzene rings is 1. The van der Waals surface area contributed by atoms with Crippen LogP contribution in [0.25, 0.3) is 0 Å². The summed E-state index contributed by atoms with van der Waals surface area (Å²) in [4.78, 5) is 0. The topological polar surface area (TPSA) is 115 Å². The smallest absolute Gasteiger partial charge is 0.266 e. The molecule has 0 aromatic heterocycles. The van der Waals surface area contributed by atoms with Gasteiger partial charge in [0, 0.05) is 6.54 Å². The molecule has 0 saturated carbocycles. The minimum absolute atomic E-state index is 0. The van der Waals surface area contributed by atoms with Gasteiger partial charge >= 0.3 is 0 Å². The number of fused-ring (bicyclic) bond motifs is 2. The zero-order valence-corrected chi connectivity index (χ0v) is 9.20. The summed E-state index contributed by atoms with van der Waals surface area (Å²) in [6.07, 6.45) is 1.22. The molecule has 0 unspecified atom stereocenters. The molecule has 2 aliphatic carbocycles. The summed E-state index contributed by atoms with van der Waals surface area (Å²) in [6.45, 7) is -0.0289. The standard InChI is InChI=1S/C7H6.C2H7NO3S.H3N/c1-2-6-4-7(3-1)5-6;3-1-2-7(4,5)6;/h1-4H,5H2;1-3H2,(H,4,5,6);1H3. The highest BCUT2D eigenvalue weighted by atomic mass is 32.2. The Morgan fingerprint density at radius 1 is 1.33 bits per heavy atom. The van der Waals surface area contributed by atoms with E-state index in [1.54, 1.807) is 0 Å². The van der Waals surface area contributed by atoms with E-state index in [0.717, 1.165) is 0 Å². The number of rotatable bonds is 2. The van der Waals surface area contributed by atoms with Crippen molar-refractivity contribution in [3.05, 3.63) is 35.4 Å².